The van der Waals surface area contributed by atoms with E-state index < -0.39 is 0 Å². The van der Waals surface area contributed by atoms with E-state index in [1.165, 1.54) is 11.3 Å². The summed E-state index contributed by atoms with van der Waals surface area (Å²) in [5, 5.41) is 14.3. The lowest BCUT2D eigenvalue weighted by atomic mass is 10.2. The van der Waals surface area contributed by atoms with Gasteiger partial charge in [0.2, 0.25) is 5.91 Å². The van der Waals surface area contributed by atoms with Gasteiger partial charge in [0, 0.05) is 11.4 Å². The zero-order chi connectivity index (χ0) is 14.3. The van der Waals surface area contributed by atoms with Gasteiger partial charge in [0.15, 0.2) is 0 Å². The largest absolute Gasteiger partial charge is 0.393 e. The second-order valence-electron chi connectivity index (χ2n) is 4.43. The predicted molar refractivity (Wildman–Crippen MR) is 75.3 cm³/mol. The Morgan fingerprint density at radius 3 is 2.68 bits per heavy atom. The summed E-state index contributed by atoms with van der Waals surface area (Å²) >= 11 is 1.40. The van der Waals surface area contributed by atoms with Crippen LogP contribution in [0.4, 0.5) is 0 Å². The highest BCUT2D eigenvalue weighted by Crippen LogP contribution is 2.14. The number of nitrogens with one attached hydrogen (secondary N) is 2. The topological polar surface area (TPSA) is 78.4 Å². The molecule has 106 valence electrons. The van der Waals surface area contributed by atoms with Crippen LogP contribution in [0.2, 0.25) is 0 Å². The summed E-state index contributed by atoms with van der Waals surface area (Å²) in [5.74, 6) is -0.440. The third-order valence-corrected chi connectivity index (χ3v) is 3.49. The van der Waals surface area contributed by atoms with Crippen LogP contribution in [0.5, 0.6) is 0 Å². The van der Waals surface area contributed by atoms with Crippen molar-refractivity contribution in [2.45, 2.75) is 32.8 Å². The molecule has 1 aromatic heterocycles. The van der Waals surface area contributed by atoms with Gasteiger partial charge < -0.3 is 15.7 Å². The third-order valence-electron chi connectivity index (χ3n) is 2.49. The molecule has 6 heteroatoms. The minimum Gasteiger partial charge on any atom is -0.393 e. The maximum Gasteiger partial charge on any atom is 0.261 e. The lowest BCUT2D eigenvalue weighted by Crippen LogP contribution is -2.37. The molecular weight excluding hydrogens is 264 g/mol. The van der Waals surface area contributed by atoms with E-state index in [0.29, 0.717) is 17.8 Å². The fourth-order valence-corrected chi connectivity index (χ4v) is 2.28. The Balaban J connectivity index is 2.18. The Morgan fingerprint density at radius 1 is 1.37 bits per heavy atom. The van der Waals surface area contributed by atoms with Crippen LogP contribution in [0.1, 0.15) is 34.3 Å². The van der Waals surface area contributed by atoms with Gasteiger partial charge in [-0.05, 0) is 38.8 Å². The van der Waals surface area contributed by atoms with Crippen molar-refractivity contribution in [3.05, 3.63) is 21.9 Å². The molecule has 0 radical (unpaired) electrons. The van der Waals surface area contributed by atoms with Gasteiger partial charge in [-0.1, -0.05) is 0 Å². The summed E-state index contributed by atoms with van der Waals surface area (Å²) in [7, 11) is 0. The molecule has 1 atom stereocenters. The number of aliphatic hydroxyl groups excluding tert-OH is 1. The number of carbonyl (C=O) groups is 2. The van der Waals surface area contributed by atoms with E-state index in [-0.39, 0.29) is 24.5 Å². The summed E-state index contributed by atoms with van der Waals surface area (Å²) in [6.07, 6.45) is 1.03. The highest BCUT2D eigenvalue weighted by Gasteiger charge is 2.09. The van der Waals surface area contributed by atoms with Crippen molar-refractivity contribution < 1.29 is 14.7 Å². The minimum atomic E-state index is -0.348. The van der Waals surface area contributed by atoms with Crippen LogP contribution in [0.3, 0.4) is 0 Å². The van der Waals surface area contributed by atoms with Gasteiger partial charge >= 0.3 is 0 Å². The van der Waals surface area contributed by atoms with Crippen LogP contribution in [0, 0.1) is 6.92 Å². The summed E-state index contributed by atoms with van der Waals surface area (Å²) in [5.41, 5.74) is 0. The van der Waals surface area contributed by atoms with Gasteiger partial charge in [0.1, 0.15) is 0 Å². The summed E-state index contributed by atoms with van der Waals surface area (Å²) in [6, 6.07) is 3.62. The quantitative estimate of drug-likeness (QED) is 0.655. The Labute approximate surface area is 117 Å². The summed E-state index contributed by atoms with van der Waals surface area (Å²) in [4.78, 5) is 24.8. The standard InChI is InChI=1S/C13H20N2O3S/c1-9(16)4-3-7-14-12(17)8-15-13(18)11-6-5-10(2)19-11/h5-6,9,16H,3-4,7-8H2,1-2H3,(H,14,17)(H,15,18). The van der Waals surface area contributed by atoms with Crippen LogP contribution >= 0.6 is 11.3 Å². The van der Waals surface area contributed by atoms with Gasteiger partial charge in [-0.2, -0.15) is 0 Å². The van der Waals surface area contributed by atoms with Crippen molar-refractivity contribution >= 4 is 23.2 Å². The Kier molecular flexibility index (Phi) is 6.52. The molecule has 0 aromatic carbocycles. The average molecular weight is 284 g/mol. The number of amides is 2. The van der Waals surface area contributed by atoms with Crippen LogP contribution in [-0.4, -0.2) is 36.1 Å². The Bertz CT molecular complexity index is 429. The van der Waals surface area contributed by atoms with Crippen molar-refractivity contribution in [1.29, 1.82) is 0 Å². The molecule has 0 saturated carbocycles. The highest BCUT2D eigenvalue weighted by molar-refractivity contribution is 7.13. The SMILES string of the molecule is Cc1ccc(C(=O)NCC(=O)NCCCC(C)O)s1. The van der Waals surface area contributed by atoms with Crippen molar-refractivity contribution in [1.82, 2.24) is 10.6 Å². The molecule has 0 bridgehead atoms. The van der Waals surface area contributed by atoms with Gasteiger partial charge in [-0.15, -0.1) is 11.3 Å². The molecular formula is C13H20N2O3S. The second-order valence-corrected chi connectivity index (χ2v) is 5.72. The van der Waals surface area contributed by atoms with E-state index in [4.69, 9.17) is 5.11 Å². The molecule has 5 nitrogen and oxygen atoms in total. The molecule has 1 unspecified atom stereocenters. The molecule has 0 fully saturated rings. The Hall–Kier alpha value is -1.40. The molecule has 2 amide bonds. The third kappa shape index (κ3) is 6.35. The van der Waals surface area contributed by atoms with Crippen LogP contribution in [0.15, 0.2) is 12.1 Å². The van der Waals surface area contributed by atoms with Crippen molar-refractivity contribution in [2.75, 3.05) is 13.1 Å². The lowest BCUT2D eigenvalue weighted by Gasteiger charge is -2.07. The normalized spacial score (nSPS) is 11.9. The number of hydrogen-bond acceptors (Lipinski definition) is 4. The van der Waals surface area contributed by atoms with Crippen molar-refractivity contribution in [2.24, 2.45) is 0 Å². The predicted octanol–water partition coefficient (Wildman–Crippen LogP) is 1.06. The maximum atomic E-state index is 11.7. The number of aryl methyl sites for hydroxylation is 1. The van der Waals surface area contributed by atoms with E-state index in [1.807, 2.05) is 13.0 Å². The first-order valence-electron chi connectivity index (χ1n) is 6.28. The van der Waals surface area contributed by atoms with E-state index >= 15 is 0 Å². The minimum absolute atomic E-state index is 0.0234. The molecule has 0 aliphatic rings. The molecule has 0 aliphatic heterocycles. The van der Waals surface area contributed by atoms with E-state index in [2.05, 4.69) is 10.6 Å². The monoisotopic (exact) mass is 284 g/mol. The zero-order valence-corrected chi connectivity index (χ0v) is 12.0. The first-order chi connectivity index (χ1) is 8.99. The van der Waals surface area contributed by atoms with Gasteiger partial charge in [0.05, 0.1) is 17.5 Å². The maximum absolute atomic E-state index is 11.7. The second kappa shape index (κ2) is 7.91. The highest BCUT2D eigenvalue weighted by atomic mass is 32.1. The fraction of sp³-hybridized carbons (Fsp3) is 0.538. The van der Waals surface area contributed by atoms with Gasteiger partial charge in [-0.3, -0.25) is 9.59 Å². The molecule has 0 saturated heterocycles. The fourth-order valence-electron chi connectivity index (χ4n) is 1.49. The molecule has 3 N–H and O–H groups in total. The van der Waals surface area contributed by atoms with Crippen LogP contribution in [0.25, 0.3) is 0 Å². The van der Waals surface area contributed by atoms with Gasteiger partial charge in [0.25, 0.3) is 5.91 Å². The lowest BCUT2D eigenvalue weighted by molar-refractivity contribution is -0.120. The molecule has 19 heavy (non-hydrogen) atoms. The van der Waals surface area contributed by atoms with E-state index in [1.54, 1.807) is 13.0 Å². The zero-order valence-electron chi connectivity index (χ0n) is 11.2. The molecule has 1 aromatic rings. The number of rotatable bonds is 7. The smallest absolute Gasteiger partial charge is 0.261 e. The van der Waals surface area contributed by atoms with Crippen LogP contribution < -0.4 is 10.6 Å². The average Bonchev–Trinajstić information content (AvgIpc) is 2.78. The molecule has 0 aliphatic carbocycles. The molecule has 0 spiro atoms. The first kappa shape index (κ1) is 15.7. The van der Waals surface area contributed by atoms with Crippen molar-refractivity contribution in [3.8, 4) is 0 Å². The number of thiophene rings is 1. The van der Waals surface area contributed by atoms with Crippen molar-refractivity contribution in [3.63, 3.8) is 0 Å². The molecule has 1 rings (SSSR count). The number of hydrogen-bond donors (Lipinski definition) is 3. The number of aliphatic hydroxyl groups is 1. The summed E-state index contributed by atoms with van der Waals surface area (Å²) in [6.45, 7) is 4.13. The van der Waals surface area contributed by atoms with Crippen LogP contribution in [-0.2, 0) is 4.79 Å². The van der Waals surface area contributed by atoms with E-state index in [9.17, 15) is 9.59 Å². The molecule has 1 heterocycles. The first-order valence-corrected chi connectivity index (χ1v) is 7.10. The van der Waals surface area contributed by atoms with E-state index in [0.717, 1.165) is 11.3 Å². The summed E-state index contributed by atoms with van der Waals surface area (Å²) < 4.78 is 0. The van der Waals surface area contributed by atoms with Gasteiger partial charge in [-0.25, -0.2) is 0 Å². The Morgan fingerprint density at radius 2 is 2.11 bits per heavy atom. The number of carbonyl (C=O) groups excluding carboxylic acids is 2.